The van der Waals surface area contributed by atoms with Crippen molar-refractivity contribution < 1.29 is 4.79 Å². The number of nitrogens with one attached hydrogen (secondary N) is 2. The van der Waals surface area contributed by atoms with E-state index in [1.165, 1.54) is 0 Å². The van der Waals surface area contributed by atoms with Crippen molar-refractivity contribution in [1.29, 1.82) is 0 Å². The maximum atomic E-state index is 12.7. The molecule has 1 fully saturated rings. The van der Waals surface area contributed by atoms with Gasteiger partial charge in [-0.1, -0.05) is 23.2 Å². The predicted octanol–water partition coefficient (Wildman–Crippen LogP) is 3.37. The van der Waals surface area contributed by atoms with Crippen LogP contribution in [0.4, 0.5) is 10.6 Å². The summed E-state index contributed by atoms with van der Waals surface area (Å²) >= 11 is 11.7. The zero-order chi connectivity index (χ0) is 16.8. The van der Waals surface area contributed by atoms with Gasteiger partial charge >= 0.3 is 6.03 Å². The normalized spacial score (nSPS) is 21.5. The highest BCUT2D eigenvalue weighted by Gasteiger charge is 2.42. The highest BCUT2D eigenvalue weighted by molar-refractivity contribution is 6.41. The number of anilines is 1. The second kappa shape index (κ2) is 5.79. The molecule has 2 aromatic rings. The number of fused-ring (bicyclic) bond motifs is 4. The quantitative estimate of drug-likeness (QED) is 0.761. The van der Waals surface area contributed by atoms with E-state index in [-0.39, 0.29) is 28.8 Å². The van der Waals surface area contributed by atoms with Gasteiger partial charge in [0.25, 0.3) is 0 Å². The molecule has 2 amide bonds. The van der Waals surface area contributed by atoms with E-state index < -0.39 is 0 Å². The van der Waals surface area contributed by atoms with Crippen LogP contribution in [0.15, 0.2) is 29.2 Å². The zero-order valence-corrected chi connectivity index (χ0v) is 14.1. The van der Waals surface area contributed by atoms with E-state index in [9.17, 15) is 9.59 Å². The lowest BCUT2D eigenvalue weighted by Crippen LogP contribution is -2.44. The molecule has 0 aromatic carbocycles. The second-order valence-corrected chi connectivity index (χ2v) is 6.80. The third-order valence-electron chi connectivity index (χ3n) is 4.64. The van der Waals surface area contributed by atoms with Crippen LogP contribution in [0.5, 0.6) is 0 Å². The minimum absolute atomic E-state index is 0.0293. The minimum atomic E-state index is -0.217. The Bertz CT molecular complexity index is 883. The van der Waals surface area contributed by atoms with Gasteiger partial charge in [-0.15, -0.1) is 0 Å². The van der Waals surface area contributed by atoms with Gasteiger partial charge in [-0.2, -0.15) is 0 Å². The molecule has 1 saturated heterocycles. The Labute approximate surface area is 147 Å². The highest BCUT2D eigenvalue weighted by atomic mass is 35.5. The third-order valence-corrected chi connectivity index (χ3v) is 5.33. The Morgan fingerprint density at radius 1 is 1.33 bits per heavy atom. The van der Waals surface area contributed by atoms with Gasteiger partial charge in [0, 0.05) is 18.3 Å². The van der Waals surface area contributed by atoms with E-state index in [4.69, 9.17) is 23.2 Å². The Morgan fingerprint density at radius 2 is 2.17 bits per heavy atom. The van der Waals surface area contributed by atoms with Crippen molar-refractivity contribution in [2.45, 2.75) is 31.3 Å². The van der Waals surface area contributed by atoms with E-state index in [1.54, 1.807) is 24.4 Å². The number of carbonyl (C=O) groups is 1. The Morgan fingerprint density at radius 3 is 2.96 bits per heavy atom. The molecule has 24 heavy (non-hydrogen) atoms. The largest absolute Gasteiger partial charge is 0.329 e. The summed E-state index contributed by atoms with van der Waals surface area (Å²) in [6.45, 7) is 0. The van der Waals surface area contributed by atoms with Gasteiger partial charge in [-0.3, -0.25) is 10.1 Å². The predicted molar refractivity (Wildman–Crippen MR) is 91.6 cm³/mol. The summed E-state index contributed by atoms with van der Waals surface area (Å²) < 4.78 is 0. The third kappa shape index (κ3) is 2.56. The lowest BCUT2D eigenvalue weighted by Gasteiger charge is -2.35. The van der Waals surface area contributed by atoms with Crippen LogP contribution >= 0.6 is 23.2 Å². The lowest BCUT2D eigenvalue weighted by atomic mass is 9.95. The maximum absolute atomic E-state index is 12.7. The molecule has 0 radical (unpaired) electrons. The molecule has 8 heteroatoms. The molecule has 0 spiro atoms. The van der Waals surface area contributed by atoms with Crippen molar-refractivity contribution >= 4 is 35.1 Å². The SMILES string of the molecule is O=C(Nc1ccc(Cl)c(Cl)n1)N1[C@@H]2CC[C@H]1c1c[nH]c(=O)cc1C2. The molecule has 2 aliphatic rings. The zero-order valence-electron chi connectivity index (χ0n) is 12.6. The summed E-state index contributed by atoms with van der Waals surface area (Å²) in [5, 5.41) is 3.27. The van der Waals surface area contributed by atoms with Crippen molar-refractivity contribution in [3.8, 4) is 0 Å². The van der Waals surface area contributed by atoms with Gasteiger partial charge in [0.1, 0.15) is 11.0 Å². The van der Waals surface area contributed by atoms with Gasteiger partial charge in [-0.25, -0.2) is 9.78 Å². The topological polar surface area (TPSA) is 78.1 Å². The molecule has 0 aliphatic carbocycles. The molecule has 4 heterocycles. The average molecular weight is 365 g/mol. The van der Waals surface area contributed by atoms with Gasteiger partial charge < -0.3 is 9.88 Å². The summed E-state index contributed by atoms with van der Waals surface area (Å²) in [5.41, 5.74) is 1.94. The average Bonchev–Trinajstić information content (AvgIpc) is 2.86. The standard InChI is InChI=1S/C16H14Cl2N4O2/c17-11-2-4-13(20-15(11)18)21-16(24)22-9-1-3-12(22)10-7-19-14(23)6-8(10)5-9/h2,4,6-7,9,12H,1,3,5H2,(H,19,23)(H,20,21,24)/t9-,12+/m1/s1. The van der Waals surface area contributed by atoms with E-state index in [0.29, 0.717) is 17.3 Å². The first-order chi connectivity index (χ1) is 11.5. The fourth-order valence-corrected chi connectivity index (χ4v) is 3.88. The first-order valence-electron chi connectivity index (χ1n) is 7.66. The fraction of sp³-hybridized carbons (Fsp3) is 0.312. The van der Waals surface area contributed by atoms with Crippen LogP contribution in [-0.4, -0.2) is 26.9 Å². The number of amides is 2. The number of aromatic amines is 1. The van der Waals surface area contributed by atoms with Crippen molar-refractivity contribution in [1.82, 2.24) is 14.9 Å². The Hall–Kier alpha value is -2.05. The fourth-order valence-electron chi connectivity index (χ4n) is 3.62. The van der Waals surface area contributed by atoms with Crippen LogP contribution in [0, 0.1) is 0 Å². The Kier molecular flexibility index (Phi) is 3.73. The number of urea groups is 1. The number of hydrogen-bond acceptors (Lipinski definition) is 3. The molecule has 2 atom stereocenters. The second-order valence-electron chi connectivity index (χ2n) is 6.04. The molecule has 0 saturated carbocycles. The maximum Gasteiger partial charge on any atom is 0.323 e. The van der Waals surface area contributed by atoms with Crippen LogP contribution in [0.2, 0.25) is 10.2 Å². The number of H-pyrrole nitrogens is 1. The molecule has 2 aromatic heterocycles. The van der Waals surface area contributed by atoms with Gasteiger partial charge in [-0.05, 0) is 42.5 Å². The smallest absolute Gasteiger partial charge is 0.323 e. The molecular weight excluding hydrogens is 351 g/mol. The first kappa shape index (κ1) is 15.5. The number of rotatable bonds is 1. The molecule has 2 N–H and O–H groups in total. The molecule has 124 valence electrons. The molecular formula is C16H14Cl2N4O2. The first-order valence-corrected chi connectivity index (χ1v) is 8.41. The summed E-state index contributed by atoms with van der Waals surface area (Å²) in [6.07, 6.45) is 4.21. The van der Waals surface area contributed by atoms with Crippen molar-refractivity contribution in [3.05, 3.63) is 56.1 Å². The molecule has 2 aliphatic heterocycles. The van der Waals surface area contributed by atoms with Crippen molar-refractivity contribution in [2.75, 3.05) is 5.32 Å². The summed E-state index contributed by atoms with van der Waals surface area (Å²) in [6, 6.07) is 4.69. The lowest BCUT2D eigenvalue weighted by molar-refractivity contribution is 0.179. The van der Waals surface area contributed by atoms with Crippen LogP contribution in [-0.2, 0) is 6.42 Å². The van der Waals surface area contributed by atoms with Crippen LogP contribution in [0.3, 0.4) is 0 Å². The van der Waals surface area contributed by atoms with E-state index in [2.05, 4.69) is 15.3 Å². The summed E-state index contributed by atoms with van der Waals surface area (Å²) in [5.74, 6) is 0.362. The number of pyridine rings is 2. The number of aromatic nitrogens is 2. The number of carbonyl (C=O) groups excluding carboxylic acids is 1. The van der Waals surface area contributed by atoms with Gasteiger partial charge in [0.2, 0.25) is 5.56 Å². The number of nitrogens with zero attached hydrogens (tertiary/aromatic N) is 2. The number of hydrogen-bond donors (Lipinski definition) is 2. The number of halogens is 2. The summed E-state index contributed by atoms with van der Waals surface area (Å²) in [4.78, 5) is 32.8. The summed E-state index contributed by atoms with van der Waals surface area (Å²) in [7, 11) is 0. The van der Waals surface area contributed by atoms with E-state index >= 15 is 0 Å². The van der Waals surface area contributed by atoms with Crippen LogP contribution in [0.1, 0.15) is 30.0 Å². The van der Waals surface area contributed by atoms with Crippen molar-refractivity contribution in [3.63, 3.8) is 0 Å². The molecule has 0 unspecified atom stereocenters. The van der Waals surface area contributed by atoms with Crippen molar-refractivity contribution in [2.24, 2.45) is 0 Å². The molecule has 6 nitrogen and oxygen atoms in total. The highest BCUT2D eigenvalue weighted by Crippen LogP contribution is 2.43. The van der Waals surface area contributed by atoms with Crippen LogP contribution in [0.25, 0.3) is 0 Å². The van der Waals surface area contributed by atoms with Gasteiger partial charge in [0.05, 0.1) is 11.1 Å². The van der Waals surface area contributed by atoms with Crippen LogP contribution < -0.4 is 10.9 Å². The molecule has 2 bridgehead atoms. The van der Waals surface area contributed by atoms with E-state index in [0.717, 1.165) is 24.0 Å². The monoisotopic (exact) mass is 364 g/mol. The Balaban J connectivity index is 1.60. The minimum Gasteiger partial charge on any atom is -0.329 e. The molecule has 4 rings (SSSR count). The van der Waals surface area contributed by atoms with E-state index in [1.807, 2.05) is 4.90 Å². The van der Waals surface area contributed by atoms with Gasteiger partial charge in [0.15, 0.2) is 0 Å².